The van der Waals surface area contributed by atoms with Crippen LogP contribution in [0, 0.1) is 11.8 Å². The molecule has 3 unspecified atom stereocenters. The molecule has 27 heavy (non-hydrogen) atoms. The number of hydrogen-bond donors (Lipinski definition) is 2. The minimum atomic E-state index is 0.0257. The number of fused-ring (bicyclic) bond motifs is 1. The van der Waals surface area contributed by atoms with Gasteiger partial charge in [0.25, 0.3) is 11.1 Å². The van der Waals surface area contributed by atoms with Crippen LogP contribution in [0.5, 0.6) is 0 Å². The third-order valence-corrected chi connectivity index (χ3v) is 6.42. The maximum absolute atomic E-state index is 12.3. The van der Waals surface area contributed by atoms with Crippen LogP contribution in [0.3, 0.4) is 0 Å². The van der Waals surface area contributed by atoms with E-state index < -0.39 is 0 Å². The second-order valence-corrected chi connectivity index (χ2v) is 8.28. The lowest BCUT2D eigenvalue weighted by atomic mass is 9.78. The molecular formula is C20H24N4O2S. The Hall–Kier alpha value is -2.28. The normalized spacial score (nSPS) is 22.8. The summed E-state index contributed by atoms with van der Waals surface area (Å²) in [5.74, 6) is 1.95. The standard InChI is InChI=1S/C20H24N4O2S/c1-12-6-5-9-16(13(12)2)22-18(25)11-27-20-24-23-19(26-20)15-10-21-17-8-4-3-7-14(15)17/h3-4,7-8,10,12-13,16,21H,5-6,9,11H2,1-2H3,(H,22,25). The number of aromatic amines is 1. The summed E-state index contributed by atoms with van der Waals surface area (Å²) in [6.07, 6.45) is 5.36. The highest BCUT2D eigenvalue weighted by Crippen LogP contribution is 2.31. The third kappa shape index (κ3) is 3.88. The molecule has 142 valence electrons. The molecule has 0 aliphatic heterocycles. The molecular weight excluding hydrogens is 360 g/mol. The van der Waals surface area contributed by atoms with Gasteiger partial charge in [-0.15, -0.1) is 10.2 Å². The highest BCUT2D eigenvalue weighted by Gasteiger charge is 2.28. The Kier molecular flexibility index (Phi) is 5.20. The lowest BCUT2D eigenvalue weighted by Gasteiger charge is -2.34. The Morgan fingerprint density at radius 2 is 2.15 bits per heavy atom. The number of para-hydroxylation sites is 1. The average molecular weight is 385 g/mol. The van der Waals surface area contributed by atoms with Crippen LogP contribution in [0.4, 0.5) is 0 Å². The van der Waals surface area contributed by atoms with E-state index in [1.807, 2.05) is 30.5 Å². The zero-order valence-electron chi connectivity index (χ0n) is 15.6. The van der Waals surface area contributed by atoms with Crippen LogP contribution < -0.4 is 5.32 Å². The molecule has 0 spiro atoms. The summed E-state index contributed by atoms with van der Waals surface area (Å²) in [5.41, 5.74) is 1.90. The lowest BCUT2D eigenvalue weighted by molar-refractivity contribution is -0.120. The van der Waals surface area contributed by atoms with Crippen molar-refractivity contribution in [2.45, 2.75) is 44.4 Å². The number of benzene rings is 1. The van der Waals surface area contributed by atoms with E-state index >= 15 is 0 Å². The Labute approximate surface area is 162 Å². The first-order chi connectivity index (χ1) is 13.1. The van der Waals surface area contributed by atoms with E-state index in [1.54, 1.807) is 0 Å². The predicted molar refractivity (Wildman–Crippen MR) is 106 cm³/mol. The monoisotopic (exact) mass is 384 g/mol. The van der Waals surface area contributed by atoms with E-state index in [4.69, 9.17) is 4.42 Å². The number of carbonyl (C=O) groups is 1. The van der Waals surface area contributed by atoms with Gasteiger partial charge in [-0.25, -0.2) is 0 Å². The molecule has 0 saturated heterocycles. The highest BCUT2D eigenvalue weighted by molar-refractivity contribution is 7.99. The molecule has 1 aliphatic carbocycles. The van der Waals surface area contributed by atoms with Gasteiger partial charge in [-0.2, -0.15) is 0 Å². The van der Waals surface area contributed by atoms with Gasteiger partial charge < -0.3 is 14.7 Å². The van der Waals surface area contributed by atoms with Crippen molar-refractivity contribution in [1.29, 1.82) is 0 Å². The predicted octanol–water partition coefficient (Wildman–Crippen LogP) is 4.25. The number of aromatic nitrogens is 3. The van der Waals surface area contributed by atoms with Crippen LogP contribution in [0.15, 0.2) is 40.1 Å². The molecule has 1 saturated carbocycles. The van der Waals surface area contributed by atoms with Crippen LogP contribution in [0.25, 0.3) is 22.4 Å². The molecule has 0 bridgehead atoms. The van der Waals surface area contributed by atoms with Crippen molar-refractivity contribution in [1.82, 2.24) is 20.5 Å². The third-order valence-electron chi connectivity index (χ3n) is 5.61. The second-order valence-electron chi connectivity index (χ2n) is 7.35. The number of nitrogens with one attached hydrogen (secondary N) is 2. The van der Waals surface area contributed by atoms with E-state index in [0.29, 0.717) is 22.9 Å². The fraction of sp³-hybridized carbons (Fsp3) is 0.450. The molecule has 6 nitrogen and oxygen atoms in total. The van der Waals surface area contributed by atoms with E-state index in [0.717, 1.165) is 22.9 Å². The van der Waals surface area contributed by atoms with Gasteiger partial charge in [-0.05, 0) is 24.3 Å². The maximum Gasteiger partial charge on any atom is 0.277 e. The number of H-pyrrole nitrogens is 1. The first kappa shape index (κ1) is 18.1. The van der Waals surface area contributed by atoms with E-state index in [1.165, 1.54) is 24.6 Å². The maximum atomic E-state index is 12.3. The largest absolute Gasteiger partial charge is 0.411 e. The highest BCUT2D eigenvalue weighted by atomic mass is 32.2. The number of rotatable bonds is 5. The van der Waals surface area contributed by atoms with Crippen molar-refractivity contribution in [3.05, 3.63) is 30.5 Å². The smallest absolute Gasteiger partial charge is 0.277 e. The van der Waals surface area contributed by atoms with Crippen molar-refractivity contribution >= 4 is 28.6 Å². The molecule has 7 heteroatoms. The van der Waals surface area contributed by atoms with Gasteiger partial charge in [0.05, 0.1) is 11.3 Å². The quantitative estimate of drug-likeness (QED) is 0.643. The van der Waals surface area contributed by atoms with Gasteiger partial charge in [-0.1, -0.05) is 56.7 Å². The molecule has 2 heterocycles. The zero-order chi connectivity index (χ0) is 18.8. The van der Waals surface area contributed by atoms with Gasteiger partial charge in [0.1, 0.15) is 0 Å². The Morgan fingerprint density at radius 3 is 3.04 bits per heavy atom. The first-order valence-electron chi connectivity index (χ1n) is 9.44. The van der Waals surface area contributed by atoms with Crippen molar-refractivity contribution in [3.8, 4) is 11.5 Å². The lowest BCUT2D eigenvalue weighted by Crippen LogP contribution is -2.44. The van der Waals surface area contributed by atoms with E-state index in [9.17, 15) is 4.79 Å². The van der Waals surface area contributed by atoms with Crippen LogP contribution >= 0.6 is 11.8 Å². The minimum absolute atomic E-state index is 0.0257. The summed E-state index contributed by atoms with van der Waals surface area (Å²) in [5, 5.41) is 12.8. The summed E-state index contributed by atoms with van der Waals surface area (Å²) in [7, 11) is 0. The fourth-order valence-electron chi connectivity index (χ4n) is 3.79. The molecule has 1 aromatic carbocycles. The Bertz CT molecular complexity index is 935. The number of carbonyl (C=O) groups excluding carboxylic acids is 1. The summed E-state index contributed by atoms with van der Waals surface area (Å²) in [6.45, 7) is 4.50. The van der Waals surface area contributed by atoms with Crippen molar-refractivity contribution in [2.75, 3.05) is 5.75 Å². The number of amides is 1. The van der Waals surface area contributed by atoms with Gasteiger partial charge in [0.15, 0.2) is 0 Å². The molecule has 3 aromatic rings. The number of hydrogen-bond acceptors (Lipinski definition) is 5. The SMILES string of the molecule is CC1CCCC(NC(=O)CSc2nnc(-c3c[nH]c4ccccc34)o2)C1C. The van der Waals surface area contributed by atoms with Crippen LogP contribution in [-0.2, 0) is 4.79 Å². The molecule has 3 atom stereocenters. The number of nitrogens with zero attached hydrogens (tertiary/aromatic N) is 2. The van der Waals surface area contributed by atoms with Gasteiger partial charge in [0.2, 0.25) is 5.91 Å². The minimum Gasteiger partial charge on any atom is -0.411 e. The van der Waals surface area contributed by atoms with Crippen LogP contribution in [-0.4, -0.2) is 32.9 Å². The molecule has 1 amide bonds. The molecule has 2 aromatic heterocycles. The van der Waals surface area contributed by atoms with Crippen LogP contribution in [0.2, 0.25) is 0 Å². The van der Waals surface area contributed by atoms with E-state index in [-0.39, 0.29) is 17.7 Å². The molecule has 1 fully saturated rings. The Balaban J connectivity index is 1.36. The summed E-state index contributed by atoms with van der Waals surface area (Å²) < 4.78 is 5.76. The molecule has 4 rings (SSSR count). The van der Waals surface area contributed by atoms with Crippen molar-refractivity contribution in [2.24, 2.45) is 11.8 Å². The van der Waals surface area contributed by atoms with Crippen molar-refractivity contribution in [3.63, 3.8) is 0 Å². The van der Waals surface area contributed by atoms with Gasteiger partial charge in [-0.3, -0.25) is 4.79 Å². The molecule has 0 radical (unpaired) electrons. The zero-order valence-corrected chi connectivity index (χ0v) is 16.4. The summed E-state index contributed by atoms with van der Waals surface area (Å²) >= 11 is 1.28. The first-order valence-corrected chi connectivity index (χ1v) is 10.4. The second kappa shape index (κ2) is 7.76. The molecule has 1 aliphatic rings. The average Bonchev–Trinajstić information content (AvgIpc) is 3.30. The fourth-order valence-corrected chi connectivity index (χ4v) is 4.36. The summed E-state index contributed by atoms with van der Waals surface area (Å²) in [4.78, 5) is 15.5. The topological polar surface area (TPSA) is 83.8 Å². The van der Waals surface area contributed by atoms with Gasteiger partial charge in [0, 0.05) is 23.1 Å². The van der Waals surface area contributed by atoms with Crippen molar-refractivity contribution < 1.29 is 9.21 Å². The Morgan fingerprint density at radius 1 is 1.30 bits per heavy atom. The number of thioether (sulfide) groups is 1. The summed E-state index contributed by atoms with van der Waals surface area (Å²) in [6, 6.07) is 8.24. The van der Waals surface area contributed by atoms with Crippen LogP contribution in [0.1, 0.15) is 33.1 Å². The van der Waals surface area contributed by atoms with Gasteiger partial charge >= 0.3 is 0 Å². The molecule has 2 N–H and O–H groups in total. The van der Waals surface area contributed by atoms with E-state index in [2.05, 4.69) is 34.3 Å².